The van der Waals surface area contributed by atoms with Crippen LogP contribution in [0.25, 0.3) is 11.0 Å². The fraction of sp³-hybridized carbons (Fsp3) is 0.238. The number of methoxy groups -OCH3 is 1. The van der Waals surface area contributed by atoms with Crippen LogP contribution in [0, 0.1) is 6.92 Å². The molecule has 3 rings (SSSR count). The molecule has 0 atom stereocenters. The minimum Gasteiger partial charge on any atom is -0.497 e. The number of fused-ring (bicyclic) bond motifs is 1. The van der Waals surface area contributed by atoms with Gasteiger partial charge in [-0.25, -0.2) is 13.2 Å². The highest BCUT2D eigenvalue weighted by molar-refractivity contribution is 7.90. The normalized spacial score (nSPS) is 11.4. The molecule has 7 nitrogen and oxygen atoms in total. The van der Waals surface area contributed by atoms with Gasteiger partial charge >= 0.3 is 5.63 Å². The summed E-state index contributed by atoms with van der Waals surface area (Å²) in [4.78, 5) is 24.8. The average Bonchev–Trinajstić information content (AvgIpc) is 2.67. The van der Waals surface area contributed by atoms with Gasteiger partial charge in [-0.3, -0.25) is 4.79 Å². The summed E-state index contributed by atoms with van der Waals surface area (Å²) in [6.07, 6.45) is 1.43. The molecule has 3 aromatic rings. The van der Waals surface area contributed by atoms with Crippen molar-refractivity contribution in [2.75, 3.05) is 18.7 Å². The van der Waals surface area contributed by atoms with Gasteiger partial charge in [-0.05, 0) is 55.3 Å². The van der Waals surface area contributed by atoms with Crippen LogP contribution in [0.4, 0.5) is 5.69 Å². The van der Waals surface area contributed by atoms with Crippen LogP contribution in [0.15, 0.2) is 56.6 Å². The third-order valence-corrected chi connectivity index (χ3v) is 5.79. The number of rotatable bonds is 6. The minimum atomic E-state index is -3.29. The lowest BCUT2D eigenvalue weighted by Gasteiger charge is -2.09. The topological polar surface area (TPSA) is 103 Å². The molecule has 1 heterocycles. The van der Waals surface area contributed by atoms with Crippen molar-refractivity contribution in [1.29, 1.82) is 0 Å². The molecule has 0 saturated heterocycles. The van der Waals surface area contributed by atoms with Crippen molar-refractivity contribution in [3.63, 3.8) is 0 Å². The van der Waals surface area contributed by atoms with Gasteiger partial charge < -0.3 is 14.5 Å². The van der Waals surface area contributed by atoms with Crippen molar-refractivity contribution < 1.29 is 22.4 Å². The van der Waals surface area contributed by atoms with Gasteiger partial charge in [0.25, 0.3) is 0 Å². The third kappa shape index (κ3) is 4.65. The van der Waals surface area contributed by atoms with E-state index in [2.05, 4.69) is 5.32 Å². The number of carbonyl (C=O) groups is 1. The molecular weight excluding hydrogens is 394 g/mol. The van der Waals surface area contributed by atoms with Gasteiger partial charge in [-0.1, -0.05) is 0 Å². The van der Waals surface area contributed by atoms with Crippen LogP contribution in [-0.2, 0) is 21.1 Å². The fourth-order valence-electron chi connectivity index (χ4n) is 3.04. The molecular formula is C21H21NO6S. The van der Waals surface area contributed by atoms with Gasteiger partial charge in [0.1, 0.15) is 11.3 Å². The second-order valence-electron chi connectivity index (χ2n) is 6.70. The average molecular weight is 415 g/mol. The fourth-order valence-corrected chi connectivity index (χ4v) is 3.67. The van der Waals surface area contributed by atoms with Gasteiger partial charge in [0.15, 0.2) is 9.84 Å². The Hall–Kier alpha value is -3.13. The molecule has 1 amide bonds. The van der Waals surface area contributed by atoms with Crippen molar-refractivity contribution in [2.24, 2.45) is 0 Å². The number of aryl methyl sites for hydroxylation is 1. The number of carbonyl (C=O) groups excluding carboxylic acids is 1. The molecule has 0 aliphatic carbocycles. The van der Waals surface area contributed by atoms with Gasteiger partial charge in [0, 0.05) is 35.4 Å². The first kappa shape index (κ1) is 20.6. The maximum absolute atomic E-state index is 12.4. The number of ether oxygens (including phenoxy) is 1. The first-order valence-corrected chi connectivity index (χ1v) is 10.8. The number of sulfone groups is 1. The number of hydrogen-bond acceptors (Lipinski definition) is 6. The summed E-state index contributed by atoms with van der Waals surface area (Å²) < 4.78 is 33.5. The first-order valence-electron chi connectivity index (χ1n) is 8.89. The highest BCUT2D eigenvalue weighted by Crippen LogP contribution is 2.24. The quantitative estimate of drug-likeness (QED) is 0.621. The van der Waals surface area contributed by atoms with Crippen LogP contribution < -0.4 is 15.7 Å². The minimum absolute atomic E-state index is 0.0844. The standard InChI is InChI=1S/C21H21NO6S/c1-13-17-9-6-15(27-2)12-19(17)28-21(24)18(13)10-11-20(23)22-14-4-7-16(8-5-14)29(3,25)26/h4-9,12H,10-11H2,1-3H3,(H,22,23). The summed E-state index contributed by atoms with van der Waals surface area (Å²) in [5, 5.41) is 3.49. The van der Waals surface area contributed by atoms with Crippen LogP contribution in [0.3, 0.4) is 0 Å². The number of anilines is 1. The lowest BCUT2D eigenvalue weighted by atomic mass is 10.0. The molecule has 8 heteroatoms. The predicted octanol–water partition coefficient (Wildman–Crippen LogP) is 3.08. The summed E-state index contributed by atoms with van der Waals surface area (Å²) in [7, 11) is -1.76. The Bertz CT molecular complexity index is 1230. The Balaban J connectivity index is 1.73. The van der Waals surface area contributed by atoms with Crippen LogP contribution in [-0.4, -0.2) is 27.7 Å². The first-order chi connectivity index (χ1) is 13.7. The molecule has 0 unspecified atom stereocenters. The molecule has 0 spiro atoms. The van der Waals surface area contributed by atoms with Gasteiger partial charge in [0.05, 0.1) is 12.0 Å². The largest absolute Gasteiger partial charge is 0.497 e. The third-order valence-electron chi connectivity index (χ3n) is 4.66. The maximum atomic E-state index is 12.4. The Morgan fingerprint density at radius 1 is 1.14 bits per heavy atom. The molecule has 0 radical (unpaired) electrons. The second kappa shape index (κ2) is 8.08. The maximum Gasteiger partial charge on any atom is 0.339 e. The molecule has 152 valence electrons. The molecule has 0 bridgehead atoms. The summed E-state index contributed by atoms with van der Waals surface area (Å²) in [6, 6.07) is 11.2. The summed E-state index contributed by atoms with van der Waals surface area (Å²) in [5.41, 5.74) is 1.66. The molecule has 1 aromatic heterocycles. The Labute approximate surface area is 168 Å². The van der Waals surface area contributed by atoms with E-state index in [1.54, 1.807) is 12.1 Å². The summed E-state index contributed by atoms with van der Waals surface area (Å²) in [6.45, 7) is 1.82. The van der Waals surface area contributed by atoms with E-state index in [1.165, 1.54) is 31.4 Å². The predicted molar refractivity (Wildman–Crippen MR) is 110 cm³/mol. The highest BCUT2D eigenvalue weighted by atomic mass is 32.2. The van der Waals surface area contributed by atoms with Crippen molar-refractivity contribution in [3.05, 3.63) is 64.0 Å². The number of amides is 1. The smallest absolute Gasteiger partial charge is 0.339 e. The zero-order valence-corrected chi connectivity index (χ0v) is 17.1. The molecule has 2 aromatic carbocycles. The number of benzene rings is 2. The van der Waals surface area contributed by atoms with Crippen LogP contribution in [0.1, 0.15) is 17.5 Å². The monoisotopic (exact) mass is 415 g/mol. The van der Waals surface area contributed by atoms with Crippen LogP contribution >= 0.6 is 0 Å². The van der Waals surface area contributed by atoms with E-state index < -0.39 is 15.5 Å². The lowest BCUT2D eigenvalue weighted by Crippen LogP contribution is -2.16. The Morgan fingerprint density at radius 2 is 1.83 bits per heavy atom. The zero-order valence-electron chi connectivity index (χ0n) is 16.3. The SMILES string of the molecule is COc1ccc2c(C)c(CCC(=O)Nc3ccc(S(C)(=O)=O)cc3)c(=O)oc2c1. The van der Waals surface area contributed by atoms with Crippen molar-refractivity contribution in [1.82, 2.24) is 0 Å². The Kier molecular flexibility index (Phi) is 5.74. The van der Waals surface area contributed by atoms with E-state index in [0.29, 0.717) is 22.6 Å². The van der Waals surface area contributed by atoms with E-state index >= 15 is 0 Å². The molecule has 1 N–H and O–H groups in total. The lowest BCUT2D eigenvalue weighted by molar-refractivity contribution is -0.116. The van der Waals surface area contributed by atoms with Gasteiger partial charge in [-0.15, -0.1) is 0 Å². The molecule has 29 heavy (non-hydrogen) atoms. The Morgan fingerprint density at radius 3 is 2.45 bits per heavy atom. The molecule has 0 aliphatic rings. The van der Waals surface area contributed by atoms with E-state index in [1.807, 2.05) is 13.0 Å². The number of hydrogen-bond donors (Lipinski definition) is 1. The van der Waals surface area contributed by atoms with Crippen LogP contribution in [0.5, 0.6) is 5.75 Å². The van der Waals surface area contributed by atoms with Crippen LogP contribution in [0.2, 0.25) is 0 Å². The van der Waals surface area contributed by atoms with E-state index in [-0.39, 0.29) is 23.6 Å². The molecule has 0 saturated carbocycles. The van der Waals surface area contributed by atoms with E-state index in [9.17, 15) is 18.0 Å². The number of nitrogens with one attached hydrogen (secondary N) is 1. The zero-order chi connectivity index (χ0) is 21.2. The van der Waals surface area contributed by atoms with E-state index in [0.717, 1.165) is 17.2 Å². The second-order valence-corrected chi connectivity index (χ2v) is 8.72. The van der Waals surface area contributed by atoms with Crippen molar-refractivity contribution in [3.8, 4) is 5.75 Å². The van der Waals surface area contributed by atoms with Gasteiger partial charge in [0.2, 0.25) is 5.91 Å². The molecule has 0 fully saturated rings. The summed E-state index contributed by atoms with van der Waals surface area (Å²) >= 11 is 0. The molecule has 0 aliphatic heterocycles. The van der Waals surface area contributed by atoms with Crippen molar-refractivity contribution >= 4 is 32.4 Å². The highest BCUT2D eigenvalue weighted by Gasteiger charge is 2.14. The summed E-state index contributed by atoms with van der Waals surface area (Å²) in [5.74, 6) is 0.305. The van der Waals surface area contributed by atoms with Crippen molar-refractivity contribution in [2.45, 2.75) is 24.7 Å². The van der Waals surface area contributed by atoms with Gasteiger partial charge in [-0.2, -0.15) is 0 Å². The van der Waals surface area contributed by atoms with E-state index in [4.69, 9.17) is 9.15 Å².